The van der Waals surface area contributed by atoms with Crippen LogP contribution in [0.4, 0.5) is 13.2 Å². The average molecular weight is 330 g/mol. The van der Waals surface area contributed by atoms with Crippen molar-refractivity contribution >= 4 is 8.07 Å². The molecule has 0 spiro atoms. The minimum Gasteiger partial charge on any atom is -0.497 e. The van der Waals surface area contributed by atoms with Gasteiger partial charge in [-0.05, 0) is 24.1 Å². The molecule has 0 radical (unpaired) electrons. The highest BCUT2D eigenvalue weighted by Crippen LogP contribution is 2.39. The molecule has 0 N–H and O–H groups in total. The van der Waals surface area contributed by atoms with Crippen molar-refractivity contribution in [3.8, 4) is 5.75 Å². The minimum atomic E-state index is -4.22. The van der Waals surface area contributed by atoms with E-state index in [4.69, 9.17) is 4.74 Å². The number of hydrogen-bond acceptors (Lipinski definition) is 1. The molecule has 1 nitrogen and oxygen atoms in total. The van der Waals surface area contributed by atoms with Crippen LogP contribution in [0.2, 0.25) is 18.1 Å². The summed E-state index contributed by atoms with van der Waals surface area (Å²) in [6.07, 6.45) is -2.49. The molecular weight excluding hydrogens is 305 g/mol. The highest BCUT2D eigenvalue weighted by atomic mass is 28.3. The molecule has 0 aliphatic heterocycles. The fourth-order valence-corrected chi connectivity index (χ4v) is 6.71. The summed E-state index contributed by atoms with van der Waals surface area (Å²) in [6.45, 7) is 5.69. The van der Waals surface area contributed by atoms with Crippen LogP contribution in [0.1, 0.15) is 26.3 Å². The maximum Gasteiger partial charge on any atom is 0.408 e. The van der Waals surface area contributed by atoms with Crippen LogP contribution in [0.25, 0.3) is 0 Å². The van der Waals surface area contributed by atoms with Gasteiger partial charge in [-0.2, -0.15) is 13.2 Å². The van der Waals surface area contributed by atoms with Gasteiger partial charge in [-0.15, -0.1) is 0 Å². The molecular formula is C17H25F3OSi. The van der Waals surface area contributed by atoms with Crippen molar-refractivity contribution in [3.05, 3.63) is 41.1 Å². The van der Waals surface area contributed by atoms with E-state index in [1.165, 1.54) is 6.08 Å². The van der Waals surface area contributed by atoms with Gasteiger partial charge in [0.1, 0.15) is 5.75 Å². The molecule has 0 aliphatic rings. The van der Waals surface area contributed by atoms with Gasteiger partial charge in [-0.3, -0.25) is 0 Å². The monoisotopic (exact) mass is 330 g/mol. The molecule has 0 bridgehead atoms. The molecule has 5 heteroatoms. The molecule has 0 aliphatic carbocycles. The first-order valence-corrected chi connectivity index (χ1v) is 10.4. The van der Waals surface area contributed by atoms with Gasteiger partial charge in [-0.1, -0.05) is 57.1 Å². The Bertz CT molecular complexity index is 479. The smallest absolute Gasteiger partial charge is 0.408 e. The van der Waals surface area contributed by atoms with E-state index in [1.807, 2.05) is 32.9 Å². The quantitative estimate of drug-likeness (QED) is 0.576. The molecule has 1 aromatic carbocycles. The Kier molecular flexibility index (Phi) is 6.72. The molecule has 0 atom stereocenters. The number of halogens is 3. The summed E-state index contributed by atoms with van der Waals surface area (Å²) in [7, 11) is -0.873. The molecule has 0 aromatic heterocycles. The van der Waals surface area contributed by atoms with E-state index in [-0.39, 0.29) is 5.20 Å². The van der Waals surface area contributed by atoms with Crippen molar-refractivity contribution in [2.45, 2.75) is 51.5 Å². The summed E-state index contributed by atoms with van der Waals surface area (Å²) in [5.74, 6) is 0.711. The highest BCUT2D eigenvalue weighted by molar-refractivity contribution is 6.86. The van der Waals surface area contributed by atoms with E-state index in [1.54, 1.807) is 19.2 Å². The summed E-state index contributed by atoms with van der Waals surface area (Å²) in [4.78, 5) is 0. The van der Waals surface area contributed by atoms with Crippen LogP contribution < -0.4 is 4.74 Å². The minimum absolute atomic E-state index is 0.247. The van der Waals surface area contributed by atoms with Crippen molar-refractivity contribution in [2.75, 3.05) is 7.11 Å². The SMILES string of the molecule is CC[Si](CC)(CC)/C(=C/Cc1ccc(OC)cc1)C(F)(F)F. The molecule has 0 unspecified atom stereocenters. The third-order valence-electron chi connectivity index (χ3n) is 4.61. The predicted octanol–water partition coefficient (Wildman–Crippen LogP) is 5.77. The van der Waals surface area contributed by atoms with Crippen LogP contribution in [0.3, 0.4) is 0 Å². The number of hydrogen-bond donors (Lipinski definition) is 0. The Balaban J connectivity index is 3.11. The van der Waals surface area contributed by atoms with Gasteiger partial charge >= 0.3 is 6.18 Å². The largest absolute Gasteiger partial charge is 0.497 e. The second-order valence-corrected chi connectivity index (χ2v) is 10.7. The molecule has 0 heterocycles. The Hall–Kier alpha value is -1.23. The average Bonchev–Trinajstić information content (AvgIpc) is 2.51. The van der Waals surface area contributed by atoms with Crippen LogP contribution in [0.15, 0.2) is 35.5 Å². The molecule has 0 saturated heterocycles. The Morgan fingerprint density at radius 2 is 1.55 bits per heavy atom. The molecule has 22 heavy (non-hydrogen) atoms. The summed E-state index contributed by atoms with van der Waals surface area (Å²) in [6, 6.07) is 9.09. The summed E-state index contributed by atoms with van der Waals surface area (Å²) >= 11 is 0. The van der Waals surface area contributed by atoms with Crippen molar-refractivity contribution in [2.24, 2.45) is 0 Å². The Morgan fingerprint density at radius 3 is 1.91 bits per heavy atom. The van der Waals surface area contributed by atoms with E-state index in [0.29, 0.717) is 30.3 Å². The first-order chi connectivity index (χ1) is 10.3. The molecule has 0 fully saturated rings. The maximum atomic E-state index is 13.5. The van der Waals surface area contributed by atoms with Gasteiger partial charge < -0.3 is 4.74 Å². The lowest BCUT2D eigenvalue weighted by atomic mass is 10.1. The van der Waals surface area contributed by atoms with Gasteiger partial charge in [0.15, 0.2) is 0 Å². The van der Waals surface area contributed by atoms with E-state index < -0.39 is 14.3 Å². The second kappa shape index (κ2) is 7.86. The predicted molar refractivity (Wildman–Crippen MR) is 88.0 cm³/mol. The van der Waals surface area contributed by atoms with Gasteiger partial charge in [0, 0.05) is 5.20 Å². The summed E-state index contributed by atoms with van der Waals surface area (Å²) < 4.78 is 45.7. The number of benzene rings is 1. The van der Waals surface area contributed by atoms with E-state index in [9.17, 15) is 13.2 Å². The topological polar surface area (TPSA) is 9.23 Å². The molecule has 0 saturated carbocycles. The van der Waals surface area contributed by atoms with E-state index in [0.717, 1.165) is 5.56 Å². The molecule has 1 aromatic rings. The third-order valence-corrected chi connectivity index (χ3v) is 10.3. The van der Waals surface area contributed by atoms with Crippen molar-refractivity contribution in [3.63, 3.8) is 0 Å². The zero-order valence-electron chi connectivity index (χ0n) is 13.8. The lowest BCUT2D eigenvalue weighted by Gasteiger charge is -2.32. The second-order valence-electron chi connectivity index (χ2n) is 5.51. The molecule has 1 rings (SSSR count). The van der Waals surface area contributed by atoms with E-state index >= 15 is 0 Å². The number of alkyl halides is 3. The molecule has 124 valence electrons. The zero-order valence-corrected chi connectivity index (χ0v) is 14.8. The van der Waals surface area contributed by atoms with Crippen molar-refractivity contribution in [1.82, 2.24) is 0 Å². The van der Waals surface area contributed by atoms with Crippen molar-refractivity contribution in [1.29, 1.82) is 0 Å². The number of methoxy groups -OCH3 is 1. The first kappa shape index (κ1) is 18.8. The zero-order chi connectivity index (χ0) is 16.8. The lowest BCUT2D eigenvalue weighted by molar-refractivity contribution is -0.0861. The molecule has 0 amide bonds. The van der Waals surface area contributed by atoms with Gasteiger partial charge in [0.25, 0.3) is 0 Å². The van der Waals surface area contributed by atoms with Crippen LogP contribution in [-0.4, -0.2) is 21.4 Å². The van der Waals surface area contributed by atoms with E-state index in [2.05, 4.69) is 0 Å². The summed E-state index contributed by atoms with van der Waals surface area (Å²) in [5.41, 5.74) is 0.869. The van der Waals surface area contributed by atoms with Gasteiger partial charge in [0.2, 0.25) is 0 Å². The standard InChI is InChI=1S/C17H25F3OSi/c1-5-22(6-2,7-3)16(17(18,19)20)13-10-14-8-11-15(21-4)12-9-14/h8-9,11-13H,5-7,10H2,1-4H3/b16-13+. The summed E-state index contributed by atoms with van der Waals surface area (Å²) in [5, 5.41) is -0.247. The lowest BCUT2D eigenvalue weighted by Crippen LogP contribution is -2.41. The normalized spacial score (nSPS) is 13.3. The highest BCUT2D eigenvalue weighted by Gasteiger charge is 2.46. The maximum absolute atomic E-state index is 13.5. The fourth-order valence-electron chi connectivity index (χ4n) is 2.94. The van der Waals surface area contributed by atoms with Gasteiger partial charge in [-0.25, -0.2) is 0 Å². The van der Waals surface area contributed by atoms with Crippen LogP contribution in [0.5, 0.6) is 5.75 Å². The van der Waals surface area contributed by atoms with Gasteiger partial charge in [0.05, 0.1) is 15.2 Å². The Labute approximate surface area is 132 Å². The fraction of sp³-hybridized carbons (Fsp3) is 0.529. The van der Waals surface area contributed by atoms with Crippen molar-refractivity contribution < 1.29 is 17.9 Å². The number of rotatable bonds is 7. The first-order valence-electron chi connectivity index (χ1n) is 7.73. The van der Waals surface area contributed by atoms with Crippen LogP contribution in [-0.2, 0) is 6.42 Å². The van der Waals surface area contributed by atoms with Crippen LogP contribution in [0, 0.1) is 0 Å². The Morgan fingerprint density at radius 1 is 1.05 bits per heavy atom. The number of allylic oxidation sites excluding steroid dienone is 2. The number of ether oxygens (including phenoxy) is 1. The van der Waals surface area contributed by atoms with Crippen LogP contribution >= 0.6 is 0 Å². The third kappa shape index (κ3) is 4.38.